The maximum Gasteiger partial charge on any atom is 0.234 e. The van der Waals surface area contributed by atoms with Gasteiger partial charge in [-0.05, 0) is 40.7 Å². The number of rotatable bonds is 8. The lowest BCUT2D eigenvalue weighted by atomic mass is 10.2. The Morgan fingerprint density at radius 3 is 2.33 bits per heavy atom. The molecule has 0 saturated carbocycles. The highest BCUT2D eigenvalue weighted by Crippen LogP contribution is 2.30. The number of nitrogens with zero attached hydrogens (tertiary/aromatic N) is 2. The first-order valence-corrected chi connectivity index (χ1v) is 8.10. The monoisotopic (exact) mass is 333 g/mol. The van der Waals surface area contributed by atoms with E-state index in [4.69, 9.17) is 27.9 Å². The summed E-state index contributed by atoms with van der Waals surface area (Å²) in [6.07, 6.45) is 0. The molecule has 1 rings (SSSR count). The molecule has 1 aromatic heterocycles. The molecule has 120 valence electrons. The summed E-state index contributed by atoms with van der Waals surface area (Å²) in [7, 11) is 0. The first-order chi connectivity index (χ1) is 9.86. The fourth-order valence-corrected chi connectivity index (χ4v) is 2.68. The van der Waals surface area contributed by atoms with Gasteiger partial charge in [0, 0.05) is 25.2 Å². The highest BCUT2D eigenvalue weighted by atomic mass is 35.5. The van der Waals surface area contributed by atoms with Crippen molar-refractivity contribution in [3.8, 4) is 5.88 Å². The Balaban J connectivity index is 2.68. The standard InChI is InChI=1S/C15H25Cl2N3O/c1-6-18-14-12(16)9-13(17)15(19-14)21-8-7-20(10(2)3)11(4)5/h9-11H,6-8H2,1-5H3,(H,18,19). The number of nitrogens with one attached hydrogen (secondary N) is 1. The third-order valence-corrected chi connectivity index (χ3v) is 3.72. The zero-order valence-electron chi connectivity index (χ0n) is 13.4. The van der Waals surface area contributed by atoms with E-state index in [1.54, 1.807) is 6.07 Å². The van der Waals surface area contributed by atoms with Crippen LogP contribution in [-0.4, -0.2) is 41.7 Å². The van der Waals surface area contributed by atoms with Gasteiger partial charge >= 0.3 is 0 Å². The van der Waals surface area contributed by atoms with Crippen molar-refractivity contribution in [2.75, 3.05) is 25.0 Å². The molecule has 0 saturated heterocycles. The Bertz CT molecular complexity index is 445. The van der Waals surface area contributed by atoms with Gasteiger partial charge in [0.05, 0.1) is 5.02 Å². The molecule has 21 heavy (non-hydrogen) atoms. The van der Waals surface area contributed by atoms with Crippen molar-refractivity contribution in [2.24, 2.45) is 0 Å². The lowest BCUT2D eigenvalue weighted by molar-refractivity contribution is 0.140. The molecule has 1 aromatic rings. The van der Waals surface area contributed by atoms with E-state index in [2.05, 4.69) is 42.9 Å². The summed E-state index contributed by atoms with van der Waals surface area (Å²) >= 11 is 12.2. The number of hydrogen-bond donors (Lipinski definition) is 1. The number of anilines is 1. The van der Waals surface area contributed by atoms with E-state index < -0.39 is 0 Å². The minimum Gasteiger partial charge on any atom is -0.475 e. The Labute approximate surface area is 137 Å². The summed E-state index contributed by atoms with van der Waals surface area (Å²) in [6, 6.07) is 2.60. The summed E-state index contributed by atoms with van der Waals surface area (Å²) in [5.41, 5.74) is 0. The maximum atomic E-state index is 6.13. The van der Waals surface area contributed by atoms with Crippen molar-refractivity contribution in [3.63, 3.8) is 0 Å². The van der Waals surface area contributed by atoms with Crippen LogP contribution in [0, 0.1) is 0 Å². The molecule has 0 radical (unpaired) electrons. The molecule has 0 fully saturated rings. The van der Waals surface area contributed by atoms with Crippen molar-refractivity contribution in [3.05, 3.63) is 16.1 Å². The van der Waals surface area contributed by atoms with E-state index in [9.17, 15) is 0 Å². The van der Waals surface area contributed by atoms with Crippen molar-refractivity contribution in [1.82, 2.24) is 9.88 Å². The van der Waals surface area contributed by atoms with E-state index in [1.165, 1.54) is 0 Å². The summed E-state index contributed by atoms with van der Waals surface area (Å²) in [4.78, 5) is 6.69. The smallest absolute Gasteiger partial charge is 0.234 e. The minimum absolute atomic E-state index is 0.421. The van der Waals surface area contributed by atoms with Crippen LogP contribution in [0.4, 0.5) is 5.82 Å². The van der Waals surface area contributed by atoms with Crippen molar-refractivity contribution >= 4 is 29.0 Å². The molecule has 0 aliphatic heterocycles. The molecule has 0 aliphatic carbocycles. The normalized spacial score (nSPS) is 11.5. The van der Waals surface area contributed by atoms with Gasteiger partial charge in [-0.1, -0.05) is 23.2 Å². The maximum absolute atomic E-state index is 6.13. The number of ether oxygens (including phenoxy) is 1. The Morgan fingerprint density at radius 2 is 1.81 bits per heavy atom. The molecule has 0 atom stereocenters. The third kappa shape index (κ3) is 5.53. The van der Waals surface area contributed by atoms with Crippen LogP contribution >= 0.6 is 23.2 Å². The Hall–Kier alpha value is -0.710. The molecule has 0 amide bonds. The van der Waals surface area contributed by atoms with Crippen LogP contribution in [0.25, 0.3) is 0 Å². The summed E-state index contributed by atoms with van der Waals surface area (Å²) in [5.74, 6) is 1.02. The number of halogens is 2. The molecular formula is C15H25Cl2N3O. The Morgan fingerprint density at radius 1 is 1.19 bits per heavy atom. The number of aromatic nitrogens is 1. The van der Waals surface area contributed by atoms with Gasteiger partial charge in [0.2, 0.25) is 5.88 Å². The summed E-state index contributed by atoms with van der Waals surface area (Å²) < 4.78 is 5.73. The second-order valence-electron chi connectivity index (χ2n) is 5.41. The van der Waals surface area contributed by atoms with E-state index in [-0.39, 0.29) is 0 Å². The van der Waals surface area contributed by atoms with Gasteiger partial charge in [0.25, 0.3) is 0 Å². The third-order valence-electron chi connectivity index (χ3n) is 3.16. The molecule has 0 unspecified atom stereocenters. The van der Waals surface area contributed by atoms with E-state index in [0.717, 1.165) is 13.1 Å². The molecular weight excluding hydrogens is 309 g/mol. The average Bonchev–Trinajstić information content (AvgIpc) is 2.38. The average molecular weight is 334 g/mol. The Kier molecular flexibility index (Phi) is 7.57. The molecule has 0 aliphatic rings. The predicted molar refractivity (Wildman–Crippen MR) is 90.9 cm³/mol. The van der Waals surface area contributed by atoms with Gasteiger partial charge in [0.15, 0.2) is 0 Å². The van der Waals surface area contributed by atoms with Gasteiger partial charge in [-0.2, -0.15) is 4.98 Å². The van der Waals surface area contributed by atoms with Gasteiger partial charge < -0.3 is 10.1 Å². The second-order valence-corrected chi connectivity index (χ2v) is 6.22. The predicted octanol–water partition coefficient (Wildman–Crippen LogP) is 4.32. The van der Waals surface area contributed by atoms with Gasteiger partial charge in [-0.3, -0.25) is 4.90 Å². The highest BCUT2D eigenvalue weighted by molar-refractivity contribution is 6.36. The molecule has 0 bridgehead atoms. The molecule has 1 heterocycles. The molecule has 1 N–H and O–H groups in total. The minimum atomic E-state index is 0.421. The van der Waals surface area contributed by atoms with Crippen molar-refractivity contribution < 1.29 is 4.74 Å². The van der Waals surface area contributed by atoms with Crippen LogP contribution in [-0.2, 0) is 0 Å². The fraction of sp³-hybridized carbons (Fsp3) is 0.667. The topological polar surface area (TPSA) is 37.4 Å². The SMILES string of the molecule is CCNc1nc(OCCN(C(C)C)C(C)C)c(Cl)cc1Cl. The summed E-state index contributed by atoms with van der Waals surface area (Å²) in [6.45, 7) is 12.8. The van der Waals surface area contributed by atoms with E-state index in [0.29, 0.717) is 40.4 Å². The fourth-order valence-electron chi connectivity index (χ4n) is 2.20. The zero-order chi connectivity index (χ0) is 16.0. The van der Waals surface area contributed by atoms with Gasteiger partial charge in [-0.25, -0.2) is 0 Å². The van der Waals surface area contributed by atoms with Crippen LogP contribution < -0.4 is 10.1 Å². The number of hydrogen-bond acceptors (Lipinski definition) is 4. The van der Waals surface area contributed by atoms with Crippen LogP contribution in [0.2, 0.25) is 10.0 Å². The molecule has 4 nitrogen and oxygen atoms in total. The van der Waals surface area contributed by atoms with Crippen molar-refractivity contribution in [1.29, 1.82) is 0 Å². The highest BCUT2D eigenvalue weighted by Gasteiger charge is 2.14. The molecule has 0 spiro atoms. The number of pyridine rings is 1. The largest absolute Gasteiger partial charge is 0.475 e. The lowest BCUT2D eigenvalue weighted by Gasteiger charge is -2.30. The quantitative estimate of drug-likeness (QED) is 0.768. The molecule has 0 aromatic carbocycles. The second kappa shape index (κ2) is 8.66. The lowest BCUT2D eigenvalue weighted by Crippen LogP contribution is -2.39. The van der Waals surface area contributed by atoms with Gasteiger partial charge in [-0.15, -0.1) is 0 Å². The van der Waals surface area contributed by atoms with Crippen LogP contribution in [0.1, 0.15) is 34.6 Å². The van der Waals surface area contributed by atoms with E-state index >= 15 is 0 Å². The first kappa shape index (κ1) is 18.3. The summed E-state index contributed by atoms with van der Waals surface area (Å²) in [5, 5.41) is 4.02. The molecule has 6 heteroatoms. The van der Waals surface area contributed by atoms with Crippen molar-refractivity contribution in [2.45, 2.75) is 46.7 Å². The first-order valence-electron chi connectivity index (χ1n) is 7.35. The van der Waals surface area contributed by atoms with Crippen LogP contribution in [0.5, 0.6) is 5.88 Å². The van der Waals surface area contributed by atoms with Gasteiger partial charge in [0.1, 0.15) is 17.4 Å². The van der Waals surface area contributed by atoms with E-state index in [1.807, 2.05) is 6.92 Å². The zero-order valence-corrected chi connectivity index (χ0v) is 14.9. The van der Waals surface area contributed by atoms with Crippen LogP contribution in [0.3, 0.4) is 0 Å². The van der Waals surface area contributed by atoms with Crippen LogP contribution in [0.15, 0.2) is 6.07 Å².